The molecule has 0 spiro atoms. The Balaban J connectivity index is 2.31. The first kappa shape index (κ1) is 12.2. The molecule has 0 fully saturated rings. The zero-order valence-corrected chi connectivity index (χ0v) is 9.50. The summed E-state index contributed by atoms with van der Waals surface area (Å²) in [5.74, 6) is 0.778. The van der Waals surface area contributed by atoms with Crippen molar-refractivity contribution in [2.24, 2.45) is 5.73 Å². The predicted octanol–water partition coefficient (Wildman–Crippen LogP) is 1.62. The second-order valence-corrected chi connectivity index (χ2v) is 4.05. The standard InChI is InChI=1S/C10H16N2O2S/c1-8(15-13-7-6-11)14-10-4-2-9(12)3-5-10/h2-5,8H,6-7,11-12H2,1H3. The molecule has 1 aromatic carbocycles. The third-order valence-electron chi connectivity index (χ3n) is 1.59. The first-order valence-electron chi connectivity index (χ1n) is 4.73. The number of hydrogen-bond donors (Lipinski definition) is 2. The van der Waals surface area contributed by atoms with E-state index in [2.05, 4.69) is 0 Å². The highest BCUT2D eigenvalue weighted by Gasteiger charge is 2.04. The lowest BCUT2D eigenvalue weighted by molar-refractivity contribution is 0.284. The molecular weight excluding hydrogens is 212 g/mol. The van der Waals surface area contributed by atoms with Gasteiger partial charge in [0.25, 0.3) is 0 Å². The molecule has 0 radical (unpaired) electrons. The molecule has 4 nitrogen and oxygen atoms in total. The molecule has 5 heteroatoms. The zero-order chi connectivity index (χ0) is 11.1. The number of anilines is 1. The Bertz CT molecular complexity index is 279. The summed E-state index contributed by atoms with van der Waals surface area (Å²) in [5, 5.41) is 0. The normalized spacial score (nSPS) is 12.4. The van der Waals surface area contributed by atoms with E-state index < -0.39 is 0 Å². The molecule has 0 bridgehead atoms. The van der Waals surface area contributed by atoms with Crippen molar-refractivity contribution in [1.29, 1.82) is 0 Å². The van der Waals surface area contributed by atoms with Gasteiger partial charge in [-0.25, -0.2) is 0 Å². The quantitative estimate of drug-likeness (QED) is 0.335. The largest absolute Gasteiger partial charge is 0.478 e. The third-order valence-corrected chi connectivity index (χ3v) is 2.26. The molecule has 1 rings (SSSR count). The second kappa shape index (κ2) is 6.55. The SMILES string of the molecule is CC(Oc1ccc(N)cc1)SOCCN. The van der Waals surface area contributed by atoms with E-state index in [4.69, 9.17) is 20.4 Å². The van der Waals surface area contributed by atoms with Crippen LogP contribution in [-0.2, 0) is 4.18 Å². The molecule has 0 aromatic heterocycles. The number of ether oxygens (including phenoxy) is 1. The topological polar surface area (TPSA) is 70.5 Å². The third kappa shape index (κ3) is 4.92. The second-order valence-electron chi connectivity index (χ2n) is 2.96. The fraction of sp³-hybridized carbons (Fsp3) is 0.400. The molecule has 1 unspecified atom stereocenters. The summed E-state index contributed by atoms with van der Waals surface area (Å²) in [6.45, 7) is 2.96. The lowest BCUT2D eigenvalue weighted by atomic mass is 10.3. The van der Waals surface area contributed by atoms with Crippen LogP contribution in [0.15, 0.2) is 24.3 Å². The van der Waals surface area contributed by atoms with E-state index in [9.17, 15) is 0 Å². The van der Waals surface area contributed by atoms with Gasteiger partial charge in [-0.2, -0.15) is 0 Å². The minimum atomic E-state index is -0.0693. The molecule has 0 aliphatic rings. The molecule has 1 atom stereocenters. The summed E-state index contributed by atoms with van der Waals surface area (Å²) in [6, 6.07) is 7.26. The molecule has 0 aliphatic heterocycles. The van der Waals surface area contributed by atoms with E-state index >= 15 is 0 Å². The van der Waals surface area contributed by atoms with Gasteiger partial charge < -0.3 is 20.4 Å². The van der Waals surface area contributed by atoms with Crippen LogP contribution in [0.2, 0.25) is 0 Å². The van der Waals surface area contributed by atoms with Crippen LogP contribution in [0.1, 0.15) is 6.92 Å². The Hall–Kier alpha value is -0.910. The van der Waals surface area contributed by atoms with Gasteiger partial charge in [-0.05, 0) is 31.2 Å². The van der Waals surface area contributed by atoms with Crippen LogP contribution in [0.5, 0.6) is 5.75 Å². The van der Waals surface area contributed by atoms with Gasteiger partial charge in [-0.3, -0.25) is 0 Å². The monoisotopic (exact) mass is 228 g/mol. The summed E-state index contributed by atoms with van der Waals surface area (Å²) in [7, 11) is 0. The average molecular weight is 228 g/mol. The highest BCUT2D eigenvalue weighted by atomic mass is 32.2. The Morgan fingerprint density at radius 1 is 1.33 bits per heavy atom. The molecule has 15 heavy (non-hydrogen) atoms. The van der Waals surface area contributed by atoms with E-state index in [0.29, 0.717) is 13.2 Å². The first-order chi connectivity index (χ1) is 7.22. The van der Waals surface area contributed by atoms with Gasteiger partial charge in [-0.15, -0.1) is 0 Å². The lowest BCUT2D eigenvalue weighted by Crippen LogP contribution is -2.11. The van der Waals surface area contributed by atoms with E-state index in [0.717, 1.165) is 11.4 Å². The van der Waals surface area contributed by atoms with E-state index in [1.165, 1.54) is 12.0 Å². The van der Waals surface area contributed by atoms with Crippen molar-refractivity contribution in [2.75, 3.05) is 18.9 Å². The summed E-state index contributed by atoms with van der Waals surface area (Å²) in [5.41, 5.74) is 11.5. The first-order valence-corrected chi connectivity index (χ1v) is 5.53. The summed E-state index contributed by atoms with van der Waals surface area (Å²) in [6.07, 6.45) is 0. The van der Waals surface area contributed by atoms with Gasteiger partial charge in [0.05, 0.1) is 6.61 Å². The maximum absolute atomic E-state index is 5.56. The molecule has 84 valence electrons. The van der Waals surface area contributed by atoms with Crippen molar-refractivity contribution in [3.8, 4) is 5.75 Å². The van der Waals surface area contributed by atoms with Gasteiger partial charge in [-0.1, -0.05) is 0 Å². The van der Waals surface area contributed by atoms with Crippen LogP contribution in [0, 0.1) is 0 Å². The Morgan fingerprint density at radius 3 is 2.60 bits per heavy atom. The minimum Gasteiger partial charge on any atom is -0.478 e. The van der Waals surface area contributed by atoms with Crippen molar-refractivity contribution in [2.45, 2.75) is 12.4 Å². The van der Waals surface area contributed by atoms with Crippen LogP contribution in [0.4, 0.5) is 5.69 Å². The van der Waals surface area contributed by atoms with Crippen LogP contribution in [-0.4, -0.2) is 18.6 Å². The fourth-order valence-electron chi connectivity index (χ4n) is 0.950. The van der Waals surface area contributed by atoms with Crippen molar-refractivity contribution in [3.05, 3.63) is 24.3 Å². The molecule has 0 amide bonds. The van der Waals surface area contributed by atoms with Crippen molar-refractivity contribution < 1.29 is 8.92 Å². The van der Waals surface area contributed by atoms with Gasteiger partial charge in [0.1, 0.15) is 5.75 Å². The van der Waals surface area contributed by atoms with Gasteiger partial charge >= 0.3 is 0 Å². The number of nitrogens with two attached hydrogens (primary N) is 2. The average Bonchev–Trinajstić information content (AvgIpc) is 2.22. The van der Waals surface area contributed by atoms with Gasteiger partial charge in [0.15, 0.2) is 5.44 Å². The van der Waals surface area contributed by atoms with Crippen molar-refractivity contribution in [3.63, 3.8) is 0 Å². The summed E-state index contributed by atoms with van der Waals surface area (Å²) >= 11 is 1.27. The van der Waals surface area contributed by atoms with Gasteiger partial charge in [0, 0.05) is 24.3 Å². The van der Waals surface area contributed by atoms with Crippen LogP contribution >= 0.6 is 12.0 Å². The number of hydrogen-bond acceptors (Lipinski definition) is 5. The Morgan fingerprint density at radius 2 is 2.00 bits per heavy atom. The van der Waals surface area contributed by atoms with E-state index in [-0.39, 0.29) is 5.44 Å². The highest BCUT2D eigenvalue weighted by Crippen LogP contribution is 2.19. The zero-order valence-electron chi connectivity index (χ0n) is 8.68. The molecule has 0 aliphatic carbocycles. The lowest BCUT2D eigenvalue weighted by Gasteiger charge is -2.13. The molecule has 4 N–H and O–H groups in total. The van der Waals surface area contributed by atoms with Crippen LogP contribution < -0.4 is 16.2 Å². The molecule has 0 saturated carbocycles. The van der Waals surface area contributed by atoms with Gasteiger partial charge in [0.2, 0.25) is 0 Å². The molecular formula is C10H16N2O2S. The smallest absolute Gasteiger partial charge is 0.166 e. The summed E-state index contributed by atoms with van der Waals surface area (Å²) in [4.78, 5) is 0. The number of benzene rings is 1. The Kier molecular flexibility index (Phi) is 5.31. The van der Waals surface area contributed by atoms with Crippen molar-refractivity contribution in [1.82, 2.24) is 0 Å². The minimum absolute atomic E-state index is 0.0693. The molecule has 0 heterocycles. The maximum Gasteiger partial charge on any atom is 0.166 e. The fourth-order valence-corrected chi connectivity index (χ4v) is 1.48. The molecule has 1 aromatic rings. The maximum atomic E-state index is 5.56. The Labute approximate surface area is 94.1 Å². The van der Waals surface area contributed by atoms with Crippen molar-refractivity contribution >= 4 is 17.7 Å². The van der Waals surface area contributed by atoms with E-state index in [1.807, 2.05) is 19.1 Å². The number of nitrogen functional groups attached to an aromatic ring is 1. The molecule has 0 saturated heterocycles. The summed E-state index contributed by atoms with van der Waals surface area (Å²) < 4.78 is 10.7. The van der Waals surface area contributed by atoms with Crippen LogP contribution in [0.25, 0.3) is 0 Å². The highest BCUT2D eigenvalue weighted by molar-refractivity contribution is 7.95. The number of rotatable bonds is 6. The predicted molar refractivity (Wildman–Crippen MR) is 63.5 cm³/mol. The van der Waals surface area contributed by atoms with E-state index in [1.54, 1.807) is 12.1 Å². The van der Waals surface area contributed by atoms with Crippen LogP contribution in [0.3, 0.4) is 0 Å².